The largest absolute Gasteiger partial charge is 0.457 e. The fourth-order valence-corrected chi connectivity index (χ4v) is 4.20. The SMILES string of the molecule is NC(=O)C1(c2ccc(Oc3ccc(F)cc3)cc2)CCCN1C(=O)C1CCCO1. The molecule has 2 N–H and O–H groups in total. The Morgan fingerprint density at radius 2 is 1.72 bits per heavy atom. The molecule has 0 bridgehead atoms. The first-order valence-electron chi connectivity index (χ1n) is 9.78. The number of halogens is 1. The zero-order valence-electron chi connectivity index (χ0n) is 16.0. The van der Waals surface area contributed by atoms with Gasteiger partial charge in [0.05, 0.1) is 0 Å². The van der Waals surface area contributed by atoms with Crippen molar-refractivity contribution >= 4 is 11.8 Å². The summed E-state index contributed by atoms with van der Waals surface area (Å²) in [5.41, 5.74) is 5.30. The smallest absolute Gasteiger partial charge is 0.252 e. The van der Waals surface area contributed by atoms with E-state index in [1.54, 1.807) is 29.2 Å². The van der Waals surface area contributed by atoms with E-state index in [0.717, 1.165) is 6.42 Å². The van der Waals surface area contributed by atoms with Crippen LogP contribution >= 0.6 is 0 Å². The summed E-state index contributed by atoms with van der Waals surface area (Å²) in [6, 6.07) is 12.7. The summed E-state index contributed by atoms with van der Waals surface area (Å²) < 4.78 is 24.3. The van der Waals surface area contributed by atoms with Gasteiger partial charge < -0.3 is 20.1 Å². The predicted molar refractivity (Wildman–Crippen MR) is 104 cm³/mol. The number of rotatable bonds is 5. The number of ether oxygens (including phenoxy) is 2. The summed E-state index contributed by atoms with van der Waals surface area (Å²) in [6.07, 6.45) is 2.15. The number of primary amides is 1. The lowest BCUT2D eigenvalue weighted by atomic mass is 9.86. The maximum absolute atomic E-state index is 13.0. The standard InChI is InChI=1S/C22H23FN2O4/c23-16-6-10-18(11-7-16)29-17-8-4-15(5-9-17)22(21(24)27)12-2-13-25(22)20(26)19-3-1-14-28-19/h4-11,19H,1-3,12-14H2,(H2,24,27). The first kappa shape index (κ1) is 19.4. The number of carbonyl (C=O) groups is 2. The highest BCUT2D eigenvalue weighted by Crippen LogP contribution is 2.40. The zero-order chi connectivity index (χ0) is 20.4. The molecule has 0 aliphatic carbocycles. The Morgan fingerprint density at radius 3 is 2.31 bits per heavy atom. The highest BCUT2D eigenvalue weighted by molar-refractivity contribution is 5.93. The number of nitrogens with two attached hydrogens (primary N) is 1. The van der Waals surface area contributed by atoms with Crippen molar-refractivity contribution in [3.05, 3.63) is 59.9 Å². The predicted octanol–water partition coefficient (Wildman–Crippen LogP) is 3.10. The van der Waals surface area contributed by atoms with E-state index in [0.29, 0.717) is 49.5 Å². The van der Waals surface area contributed by atoms with Crippen LogP contribution < -0.4 is 10.5 Å². The van der Waals surface area contributed by atoms with Crippen molar-refractivity contribution in [2.24, 2.45) is 5.73 Å². The minimum Gasteiger partial charge on any atom is -0.457 e. The van der Waals surface area contributed by atoms with Gasteiger partial charge >= 0.3 is 0 Å². The van der Waals surface area contributed by atoms with E-state index in [1.165, 1.54) is 24.3 Å². The lowest BCUT2D eigenvalue weighted by Crippen LogP contribution is -2.55. The van der Waals surface area contributed by atoms with Crippen LogP contribution in [0.15, 0.2) is 48.5 Å². The molecule has 2 aromatic carbocycles. The van der Waals surface area contributed by atoms with Crippen molar-refractivity contribution in [1.29, 1.82) is 0 Å². The van der Waals surface area contributed by atoms with Crippen LogP contribution in [0.1, 0.15) is 31.2 Å². The molecule has 0 spiro atoms. The van der Waals surface area contributed by atoms with Crippen LogP contribution in [0.25, 0.3) is 0 Å². The zero-order valence-corrected chi connectivity index (χ0v) is 16.0. The summed E-state index contributed by atoms with van der Waals surface area (Å²) in [7, 11) is 0. The van der Waals surface area contributed by atoms with Crippen molar-refractivity contribution in [1.82, 2.24) is 4.90 Å². The lowest BCUT2D eigenvalue weighted by Gasteiger charge is -2.37. The van der Waals surface area contributed by atoms with Gasteiger partial charge in [0, 0.05) is 13.2 Å². The minimum atomic E-state index is -1.18. The second kappa shape index (κ2) is 7.83. The van der Waals surface area contributed by atoms with Gasteiger partial charge in [-0.1, -0.05) is 12.1 Å². The number of hydrogen-bond donors (Lipinski definition) is 1. The summed E-state index contributed by atoms with van der Waals surface area (Å²) in [6.45, 7) is 1.03. The van der Waals surface area contributed by atoms with Gasteiger partial charge in [0.25, 0.3) is 5.91 Å². The van der Waals surface area contributed by atoms with Crippen molar-refractivity contribution in [3.63, 3.8) is 0 Å². The van der Waals surface area contributed by atoms with Crippen molar-refractivity contribution in [2.75, 3.05) is 13.2 Å². The molecule has 2 aromatic rings. The van der Waals surface area contributed by atoms with Crippen LogP contribution in [-0.4, -0.2) is 36.0 Å². The molecule has 29 heavy (non-hydrogen) atoms. The van der Waals surface area contributed by atoms with Crippen molar-refractivity contribution in [2.45, 2.75) is 37.3 Å². The normalized spacial score (nSPS) is 23.9. The van der Waals surface area contributed by atoms with Gasteiger partial charge in [0.1, 0.15) is 29.0 Å². The Bertz CT molecular complexity index is 894. The number of benzene rings is 2. The topological polar surface area (TPSA) is 81.9 Å². The summed E-state index contributed by atoms with van der Waals surface area (Å²) in [4.78, 5) is 27.2. The molecule has 7 heteroatoms. The third kappa shape index (κ3) is 3.58. The molecule has 0 radical (unpaired) electrons. The molecule has 2 fully saturated rings. The molecule has 152 valence electrons. The molecule has 4 rings (SSSR count). The second-order valence-corrected chi connectivity index (χ2v) is 7.40. The number of carbonyl (C=O) groups excluding carboxylic acids is 2. The van der Waals surface area contributed by atoms with Crippen LogP contribution in [-0.2, 0) is 19.9 Å². The molecule has 2 atom stereocenters. The van der Waals surface area contributed by atoms with Gasteiger partial charge in [-0.2, -0.15) is 0 Å². The van der Waals surface area contributed by atoms with Gasteiger partial charge in [0.2, 0.25) is 5.91 Å². The summed E-state index contributed by atoms with van der Waals surface area (Å²) in [5, 5.41) is 0. The Morgan fingerprint density at radius 1 is 1.07 bits per heavy atom. The van der Waals surface area contributed by atoms with E-state index in [2.05, 4.69) is 0 Å². The van der Waals surface area contributed by atoms with Crippen molar-refractivity contribution in [3.8, 4) is 11.5 Å². The van der Waals surface area contributed by atoms with Crippen LogP contribution in [0.2, 0.25) is 0 Å². The number of likely N-dealkylation sites (tertiary alicyclic amines) is 1. The van der Waals surface area contributed by atoms with Crippen LogP contribution in [0.4, 0.5) is 4.39 Å². The maximum Gasteiger partial charge on any atom is 0.252 e. The molecule has 2 unspecified atom stereocenters. The van der Waals surface area contributed by atoms with Gasteiger partial charge in [-0.15, -0.1) is 0 Å². The Labute approximate surface area is 168 Å². The molecule has 2 aliphatic rings. The molecule has 2 saturated heterocycles. The average molecular weight is 398 g/mol. The third-order valence-corrected chi connectivity index (χ3v) is 5.64. The maximum atomic E-state index is 13.0. The minimum absolute atomic E-state index is 0.176. The number of amides is 2. The average Bonchev–Trinajstić information content (AvgIpc) is 3.40. The highest BCUT2D eigenvalue weighted by Gasteiger charge is 2.51. The Kier molecular flexibility index (Phi) is 5.24. The molecule has 2 amide bonds. The Hall–Kier alpha value is -2.93. The van der Waals surface area contributed by atoms with E-state index in [1.807, 2.05) is 0 Å². The van der Waals surface area contributed by atoms with Crippen molar-refractivity contribution < 1.29 is 23.5 Å². The van der Waals surface area contributed by atoms with Gasteiger partial charge in [0.15, 0.2) is 0 Å². The monoisotopic (exact) mass is 398 g/mol. The molecular formula is C22H23FN2O4. The quantitative estimate of drug-likeness (QED) is 0.839. The van der Waals surface area contributed by atoms with E-state index in [9.17, 15) is 14.0 Å². The summed E-state index contributed by atoms with van der Waals surface area (Å²) >= 11 is 0. The van der Waals surface area contributed by atoms with Crippen LogP contribution in [0.3, 0.4) is 0 Å². The number of hydrogen-bond acceptors (Lipinski definition) is 4. The van der Waals surface area contributed by atoms with E-state index in [-0.39, 0.29) is 11.7 Å². The highest BCUT2D eigenvalue weighted by atomic mass is 19.1. The second-order valence-electron chi connectivity index (χ2n) is 7.40. The molecule has 2 heterocycles. The first-order chi connectivity index (χ1) is 14.0. The fourth-order valence-electron chi connectivity index (χ4n) is 4.20. The van der Waals surface area contributed by atoms with Gasteiger partial charge in [-0.3, -0.25) is 9.59 Å². The molecule has 0 aromatic heterocycles. The van der Waals surface area contributed by atoms with E-state index < -0.39 is 17.6 Å². The van der Waals surface area contributed by atoms with Crippen LogP contribution in [0, 0.1) is 5.82 Å². The Balaban J connectivity index is 1.60. The van der Waals surface area contributed by atoms with Crippen LogP contribution in [0.5, 0.6) is 11.5 Å². The summed E-state index contributed by atoms with van der Waals surface area (Å²) in [5.74, 6) is -0.0258. The van der Waals surface area contributed by atoms with Gasteiger partial charge in [-0.25, -0.2) is 4.39 Å². The fraction of sp³-hybridized carbons (Fsp3) is 0.364. The first-order valence-corrected chi connectivity index (χ1v) is 9.78. The lowest BCUT2D eigenvalue weighted by molar-refractivity contribution is -0.151. The van der Waals surface area contributed by atoms with Gasteiger partial charge in [-0.05, 0) is 67.6 Å². The molecular weight excluding hydrogens is 375 g/mol. The molecule has 2 aliphatic heterocycles. The molecule has 0 saturated carbocycles. The number of nitrogens with zero attached hydrogens (tertiary/aromatic N) is 1. The third-order valence-electron chi connectivity index (χ3n) is 5.64. The van der Waals surface area contributed by atoms with E-state index in [4.69, 9.17) is 15.2 Å². The molecule has 6 nitrogen and oxygen atoms in total. The van der Waals surface area contributed by atoms with E-state index >= 15 is 0 Å².